The van der Waals surface area contributed by atoms with Crippen LogP contribution in [0, 0.1) is 6.92 Å². The van der Waals surface area contributed by atoms with Crippen molar-refractivity contribution >= 4 is 11.6 Å². The van der Waals surface area contributed by atoms with Crippen LogP contribution < -0.4 is 4.90 Å². The first-order valence-corrected chi connectivity index (χ1v) is 9.73. The van der Waals surface area contributed by atoms with Crippen LogP contribution in [0.25, 0.3) is 0 Å². The van der Waals surface area contributed by atoms with Gasteiger partial charge >= 0.3 is 0 Å². The zero-order valence-corrected chi connectivity index (χ0v) is 16.9. The summed E-state index contributed by atoms with van der Waals surface area (Å²) in [7, 11) is 1.92. The maximum absolute atomic E-state index is 12.9. The van der Waals surface area contributed by atoms with E-state index in [1.54, 1.807) is 4.68 Å². The summed E-state index contributed by atoms with van der Waals surface area (Å²) in [5.74, 6) is 0.219. The van der Waals surface area contributed by atoms with Crippen molar-refractivity contribution in [3.05, 3.63) is 47.8 Å². The highest BCUT2D eigenvalue weighted by atomic mass is 16.2. The molecular weight excluding hydrogens is 338 g/mol. The second-order valence-corrected chi connectivity index (χ2v) is 7.73. The average molecular weight is 370 g/mol. The van der Waals surface area contributed by atoms with Crippen molar-refractivity contribution in [3.63, 3.8) is 0 Å². The van der Waals surface area contributed by atoms with E-state index in [1.807, 2.05) is 24.3 Å². The van der Waals surface area contributed by atoms with Gasteiger partial charge in [0.25, 0.3) is 0 Å². The monoisotopic (exact) mass is 369 g/mol. The van der Waals surface area contributed by atoms with E-state index in [2.05, 4.69) is 59.9 Å². The zero-order chi connectivity index (χ0) is 19.4. The molecular formula is C21H31N5O. The molecule has 0 bridgehead atoms. The Morgan fingerprint density at radius 3 is 2.56 bits per heavy atom. The molecule has 1 saturated heterocycles. The summed E-state index contributed by atoms with van der Waals surface area (Å²) < 4.78 is 1.81. The molecule has 0 atom stereocenters. The Hall–Kier alpha value is -2.34. The number of nitrogens with zero attached hydrogens (tertiary/aromatic N) is 5. The van der Waals surface area contributed by atoms with E-state index >= 15 is 0 Å². The minimum Gasteiger partial charge on any atom is -0.368 e. The van der Waals surface area contributed by atoms with Gasteiger partial charge in [-0.15, -0.1) is 0 Å². The molecule has 0 radical (unpaired) electrons. The normalized spacial score (nSPS) is 15.0. The first-order valence-electron chi connectivity index (χ1n) is 9.73. The van der Waals surface area contributed by atoms with Crippen LogP contribution in [0.5, 0.6) is 0 Å². The number of carbonyl (C=O) groups excluding carboxylic acids is 1. The van der Waals surface area contributed by atoms with Gasteiger partial charge < -0.3 is 9.80 Å². The largest absolute Gasteiger partial charge is 0.368 e. The van der Waals surface area contributed by atoms with Gasteiger partial charge in [0.1, 0.15) is 0 Å². The maximum atomic E-state index is 12.9. The number of hydrogen-bond donors (Lipinski definition) is 0. The molecule has 27 heavy (non-hydrogen) atoms. The van der Waals surface area contributed by atoms with Crippen LogP contribution in [0.4, 0.5) is 5.69 Å². The van der Waals surface area contributed by atoms with Crippen LogP contribution in [-0.2, 0) is 18.4 Å². The number of benzene rings is 1. The summed E-state index contributed by atoms with van der Waals surface area (Å²) in [6.07, 6.45) is 3.89. The summed E-state index contributed by atoms with van der Waals surface area (Å²) in [5, 5.41) is 4.23. The summed E-state index contributed by atoms with van der Waals surface area (Å²) in [5.41, 5.74) is 3.67. The molecule has 0 saturated carbocycles. The SMILES string of the molecule is Cc1cccc(N2CCN(C(=O)CN(Cc3cnn(C)c3)C(C)C)CC2)c1. The first kappa shape index (κ1) is 19.4. The number of hydrogen-bond acceptors (Lipinski definition) is 4. The van der Waals surface area contributed by atoms with E-state index in [-0.39, 0.29) is 5.91 Å². The fourth-order valence-electron chi connectivity index (χ4n) is 3.52. The van der Waals surface area contributed by atoms with Crippen LogP contribution in [0.1, 0.15) is 25.0 Å². The molecule has 2 heterocycles. The molecule has 2 aromatic rings. The van der Waals surface area contributed by atoms with Gasteiger partial charge in [-0.25, -0.2) is 0 Å². The predicted molar refractivity (Wildman–Crippen MR) is 109 cm³/mol. The molecule has 0 spiro atoms. The molecule has 3 rings (SSSR count). The van der Waals surface area contributed by atoms with Gasteiger partial charge in [0.2, 0.25) is 5.91 Å². The molecule has 6 nitrogen and oxygen atoms in total. The summed E-state index contributed by atoms with van der Waals surface area (Å²) in [4.78, 5) is 19.4. The number of carbonyl (C=O) groups is 1. The average Bonchev–Trinajstić information content (AvgIpc) is 3.06. The van der Waals surface area contributed by atoms with E-state index in [9.17, 15) is 4.79 Å². The van der Waals surface area contributed by atoms with E-state index in [0.717, 1.165) is 38.3 Å². The number of aryl methyl sites for hydroxylation is 2. The lowest BCUT2D eigenvalue weighted by Crippen LogP contribution is -2.51. The molecule has 1 fully saturated rings. The first-order chi connectivity index (χ1) is 12.9. The molecule has 1 amide bonds. The molecule has 146 valence electrons. The van der Waals surface area contributed by atoms with Crippen molar-refractivity contribution in [2.75, 3.05) is 37.6 Å². The van der Waals surface area contributed by atoms with E-state index in [4.69, 9.17) is 0 Å². The topological polar surface area (TPSA) is 44.6 Å². The van der Waals surface area contributed by atoms with Gasteiger partial charge in [0.05, 0.1) is 12.7 Å². The van der Waals surface area contributed by atoms with E-state index in [0.29, 0.717) is 12.6 Å². The second kappa shape index (κ2) is 8.57. The van der Waals surface area contributed by atoms with Gasteiger partial charge in [-0.05, 0) is 38.5 Å². The highest BCUT2D eigenvalue weighted by Gasteiger charge is 2.24. The molecule has 1 aliphatic rings. The quantitative estimate of drug-likeness (QED) is 0.784. The molecule has 0 unspecified atom stereocenters. The minimum absolute atomic E-state index is 0.219. The highest BCUT2D eigenvalue weighted by Crippen LogP contribution is 2.18. The summed E-state index contributed by atoms with van der Waals surface area (Å²) in [6, 6.07) is 8.89. The molecule has 0 N–H and O–H groups in total. The number of piperazine rings is 1. The fraction of sp³-hybridized carbons (Fsp3) is 0.524. The lowest BCUT2D eigenvalue weighted by atomic mass is 10.2. The minimum atomic E-state index is 0.219. The van der Waals surface area contributed by atoms with Crippen molar-refractivity contribution in [2.24, 2.45) is 7.05 Å². The summed E-state index contributed by atoms with van der Waals surface area (Å²) >= 11 is 0. The molecule has 0 aliphatic carbocycles. The van der Waals surface area contributed by atoms with Crippen LogP contribution in [0.15, 0.2) is 36.7 Å². The Morgan fingerprint density at radius 1 is 1.22 bits per heavy atom. The third-order valence-corrected chi connectivity index (χ3v) is 5.21. The molecule has 1 aromatic heterocycles. The Labute approximate surface area is 162 Å². The molecule has 1 aromatic carbocycles. The van der Waals surface area contributed by atoms with Gasteiger partial charge in [-0.2, -0.15) is 5.10 Å². The van der Waals surface area contributed by atoms with Crippen molar-refractivity contribution in [1.29, 1.82) is 0 Å². The Kier molecular flexibility index (Phi) is 6.16. The second-order valence-electron chi connectivity index (χ2n) is 7.73. The number of amides is 1. The fourth-order valence-corrected chi connectivity index (χ4v) is 3.52. The third-order valence-electron chi connectivity index (χ3n) is 5.21. The standard InChI is InChI=1S/C21H31N5O/c1-17(2)26(15-19-13-22-23(4)14-19)16-21(27)25-10-8-24(9-11-25)20-7-5-6-18(3)12-20/h5-7,12-14,17H,8-11,15-16H2,1-4H3. The smallest absolute Gasteiger partial charge is 0.236 e. The Bertz CT molecular complexity index is 761. The molecule has 6 heteroatoms. The van der Waals surface area contributed by atoms with Crippen LogP contribution in [-0.4, -0.2) is 64.3 Å². The van der Waals surface area contributed by atoms with E-state index in [1.165, 1.54) is 11.3 Å². The summed E-state index contributed by atoms with van der Waals surface area (Å²) in [6.45, 7) is 10.9. The maximum Gasteiger partial charge on any atom is 0.236 e. The van der Waals surface area contributed by atoms with Gasteiger partial charge in [0.15, 0.2) is 0 Å². The molecule has 1 aliphatic heterocycles. The zero-order valence-electron chi connectivity index (χ0n) is 16.9. The van der Waals surface area contributed by atoms with Crippen molar-refractivity contribution in [2.45, 2.75) is 33.4 Å². The van der Waals surface area contributed by atoms with E-state index < -0.39 is 0 Å². The van der Waals surface area contributed by atoms with Gasteiger partial charge in [0, 0.05) is 63.3 Å². The number of aromatic nitrogens is 2. The van der Waals surface area contributed by atoms with Crippen LogP contribution >= 0.6 is 0 Å². The number of anilines is 1. The predicted octanol–water partition coefficient (Wildman–Crippen LogP) is 2.29. The van der Waals surface area contributed by atoms with Gasteiger partial charge in [-0.3, -0.25) is 14.4 Å². The highest BCUT2D eigenvalue weighted by molar-refractivity contribution is 5.78. The number of rotatable bonds is 6. The van der Waals surface area contributed by atoms with Gasteiger partial charge in [-0.1, -0.05) is 12.1 Å². The van der Waals surface area contributed by atoms with Crippen LogP contribution in [0.3, 0.4) is 0 Å². The van der Waals surface area contributed by atoms with Crippen LogP contribution in [0.2, 0.25) is 0 Å². The Morgan fingerprint density at radius 2 is 1.96 bits per heavy atom. The third kappa shape index (κ3) is 5.10. The van der Waals surface area contributed by atoms with Crippen molar-refractivity contribution in [1.82, 2.24) is 19.6 Å². The van der Waals surface area contributed by atoms with Crippen molar-refractivity contribution in [3.8, 4) is 0 Å². The van der Waals surface area contributed by atoms with Crippen molar-refractivity contribution < 1.29 is 4.79 Å². The lowest BCUT2D eigenvalue weighted by molar-refractivity contribution is -0.133. The lowest BCUT2D eigenvalue weighted by Gasteiger charge is -2.37. The Balaban J connectivity index is 1.54.